The Hall–Kier alpha value is -2.00. The van der Waals surface area contributed by atoms with Crippen molar-refractivity contribution in [2.24, 2.45) is 5.16 Å². The van der Waals surface area contributed by atoms with Crippen molar-refractivity contribution < 1.29 is 23.7 Å². The van der Waals surface area contributed by atoms with Crippen LogP contribution in [0.2, 0.25) is 0 Å². The molecule has 0 aliphatic carbocycles. The van der Waals surface area contributed by atoms with Crippen molar-refractivity contribution in [1.29, 1.82) is 0 Å². The Morgan fingerprint density at radius 2 is 2.16 bits per heavy atom. The minimum Gasteiger partial charge on any atom is -0.411 e. The third-order valence-corrected chi connectivity index (χ3v) is 3.85. The number of aliphatic hydroxyl groups excluding tert-OH is 1. The second-order valence-corrected chi connectivity index (χ2v) is 6.02. The lowest BCUT2D eigenvalue weighted by molar-refractivity contribution is -0.384. The summed E-state index contributed by atoms with van der Waals surface area (Å²) in [4.78, 5) is 9.98. The molecule has 19 heavy (non-hydrogen) atoms. The summed E-state index contributed by atoms with van der Waals surface area (Å²) in [6, 6.07) is 4.97. The Labute approximate surface area is 109 Å². The van der Waals surface area contributed by atoms with E-state index in [-0.39, 0.29) is 17.0 Å². The monoisotopic (exact) mass is 288 g/mol. The van der Waals surface area contributed by atoms with E-state index in [4.69, 9.17) is 10.3 Å². The molecular weight excluding hydrogens is 276 g/mol. The van der Waals surface area contributed by atoms with Gasteiger partial charge in [-0.1, -0.05) is 17.3 Å². The summed E-state index contributed by atoms with van der Waals surface area (Å²) in [7, 11) is -3.72. The van der Waals surface area contributed by atoms with E-state index in [2.05, 4.69) is 5.16 Å². The molecule has 0 aliphatic rings. The number of nitro benzene ring substituents is 1. The van der Waals surface area contributed by atoms with Crippen molar-refractivity contribution in [2.45, 2.75) is 5.25 Å². The predicted octanol–water partition coefficient (Wildman–Crippen LogP) is 0.179. The number of hydrogen-bond acceptors (Lipinski definition) is 7. The number of non-ortho nitro benzene ring substituents is 1. The molecule has 0 spiro atoms. The summed E-state index contributed by atoms with van der Waals surface area (Å²) in [6.07, 6.45) is 0.871. The smallest absolute Gasteiger partial charge is 0.270 e. The largest absolute Gasteiger partial charge is 0.411 e. The molecule has 0 amide bonds. The maximum atomic E-state index is 11.5. The van der Waals surface area contributed by atoms with Gasteiger partial charge in [0.1, 0.15) is 11.0 Å². The van der Waals surface area contributed by atoms with E-state index in [1.165, 1.54) is 18.2 Å². The van der Waals surface area contributed by atoms with Crippen LogP contribution in [0.1, 0.15) is 5.56 Å². The predicted molar refractivity (Wildman–Crippen MR) is 67.1 cm³/mol. The Kier molecular flexibility index (Phi) is 4.57. The lowest BCUT2D eigenvalue weighted by Gasteiger charge is -2.13. The zero-order valence-corrected chi connectivity index (χ0v) is 10.7. The van der Waals surface area contributed by atoms with E-state index in [1.54, 1.807) is 0 Å². The molecule has 1 aromatic rings. The van der Waals surface area contributed by atoms with E-state index >= 15 is 0 Å². The summed E-state index contributed by atoms with van der Waals surface area (Å²) in [6.45, 7) is -0.791. The molecule has 0 fully saturated rings. The summed E-state index contributed by atoms with van der Waals surface area (Å²) in [5, 5.41) is 30.1. The Balaban J connectivity index is 3.32. The van der Waals surface area contributed by atoms with Gasteiger partial charge in [0, 0.05) is 24.0 Å². The van der Waals surface area contributed by atoms with Gasteiger partial charge < -0.3 is 10.3 Å². The first kappa shape index (κ1) is 15.1. The van der Waals surface area contributed by atoms with Gasteiger partial charge in [0.25, 0.3) is 5.69 Å². The topological polar surface area (TPSA) is 130 Å². The summed E-state index contributed by atoms with van der Waals surface area (Å²) in [5.41, 5.74) is -0.557. The number of rotatable bonds is 5. The Morgan fingerprint density at radius 1 is 1.53 bits per heavy atom. The molecule has 0 saturated heterocycles. The van der Waals surface area contributed by atoms with E-state index in [9.17, 15) is 18.5 Å². The van der Waals surface area contributed by atoms with Gasteiger partial charge in [0.2, 0.25) is 0 Å². The second kappa shape index (κ2) is 5.76. The molecule has 9 heteroatoms. The number of nitrogens with zero attached hydrogens (tertiary/aromatic N) is 2. The fraction of sp³-hybridized carbons (Fsp3) is 0.300. The standard InChI is InChI=1S/C10H12N2O6S/c1-19(17,18)9(6-13)10(11-14)7-3-2-4-8(5-7)12(15)16/h2-5,9,13-14H,6H2,1H3/b11-10+. The fourth-order valence-corrected chi connectivity index (χ4v) is 2.37. The molecule has 0 aliphatic heterocycles. The summed E-state index contributed by atoms with van der Waals surface area (Å²) in [5.74, 6) is 0. The zero-order valence-electron chi connectivity index (χ0n) is 9.92. The first-order valence-corrected chi connectivity index (χ1v) is 7.03. The molecule has 1 unspecified atom stereocenters. The molecule has 1 rings (SSSR count). The molecule has 0 saturated carbocycles. The van der Waals surface area contributed by atoms with Crippen molar-refractivity contribution in [3.05, 3.63) is 39.9 Å². The van der Waals surface area contributed by atoms with Gasteiger partial charge in [0.15, 0.2) is 9.84 Å². The molecule has 0 bridgehead atoms. The van der Waals surface area contributed by atoms with Gasteiger partial charge in [-0.25, -0.2) is 8.42 Å². The van der Waals surface area contributed by atoms with E-state index in [0.717, 1.165) is 12.3 Å². The van der Waals surface area contributed by atoms with Gasteiger partial charge in [-0.2, -0.15) is 0 Å². The van der Waals surface area contributed by atoms with Crippen molar-refractivity contribution in [1.82, 2.24) is 0 Å². The molecule has 1 aromatic carbocycles. The third-order valence-electron chi connectivity index (χ3n) is 2.45. The lowest BCUT2D eigenvalue weighted by Crippen LogP contribution is -2.33. The molecule has 8 nitrogen and oxygen atoms in total. The van der Waals surface area contributed by atoms with E-state index in [0.29, 0.717) is 0 Å². The molecule has 0 aromatic heterocycles. The van der Waals surface area contributed by atoms with Crippen LogP contribution in [-0.4, -0.2) is 47.5 Å². The highest BCUT2D eigenvalue weighted by Crippen LogP contribution is 2.17. The number of benzene rings is 1. The average Bonchev–Trinajstić information content (AvgIpc) is 2.34. The highest BCUT2D eigenvalue weighted by Gasteiger charge is 2.28. The Morgan fingerprint density at radius 3 is 2.58 bits per heavy atom. The summed E-state index contributed by atoms with van der Waals surface area (Å²) >= 11 is 0. The van der Waals surface area contributed by atoms with Crippen LogP contribution >= 0.6 is 0 Å². The van der Waals surface area contributed by atoms with Crippen LogP contribution in [0.5, 0.6) is 0 Å². The molecule has 104 valence electrons. The van der Waals surface area contributed by atoms with Crippen molar-refractivity contribution >= 4 is 21.2 Å². The highest BCUT2D eigenvalue weighted by molar-refractivity contribution is 7.92. The van der Waals surface area contributed by atoms with Crippen molar-refractivity contribution in [2.75, 3.05) is 12.9 Å². The second-order valence-electron chi connectivity index (χ2n) is 3.79. The number of oxime groups is 1. The van der Waals surface area contributed by atoms with Gasteiger partial charge in [-0.05, 0) is 0 Å². The number of nitro groups is 1. The average molecular weight is 288 g/mol. The van der Waals surface area contributed by atoms with E-state index < -0.39 is 26.6 Å². The molecular formula is C10H12N2O6S. The van der Waals surface area contributed by atoms with Gasteiger partial charge in [-0.15, -0.1) is 0 Å². The minimum atomic E-state index is -3.72. The van der Waals surface area contributed by atoms with Crippen LogP contribution in [0.4, 0.5) is 5.69 Å². The number of hydrogen-bond donors (Lipinski definition) is 2. The van der Waals surface area contributed by atoms with Crippen LogP contribution < -0.4 is 0 Å². The van der Waals surface area contributed by atoms with Gasteiger partial charge in [0.05, 0.1) is 11.5 Å². The van der Waals surface area contributed by atoms with E-state index in [1.807, 2.05) is 0 Å². The summed E-state index contributed by atoms with van der Waals surface area (Å²) < 4.78 is 22.9. The molecule has 0 heterocycles. The first-order valence-electron chi connectivity index (χ1n) is 5.07. The fourth-order valence-electron chi connectivity index (χ4n) is 1.51. The van der Waals surface area contributed by atoms with Gasteiger partial charge >= 0.3 is 0 Å². The van der Waals surface area contributed by atoms with Crippen molar-refractivity contribution in [3.8, 4) is 0 Å². The van der Waals surface area contributed by atoms with Crippen LogP contribution in [0.3, 0.4) is 0 Å². The number of aliphatic hydroxyl groups is 1. The van der Waals surface area contributed by atoms with Crippen LogP contribution in [0.25, 0.3) is 0 Å². The normalized spacial score (nSPS) is 14.1. The van der Waals surface area contributed by atoms with Gasteiger partial charge in [-0.3, -0.25) is 10.1 Å². The zero-order chi connectivity index (χ0) is 14.6. The molecule has 2 N–H and O–H groups in total. The maximum Gasteiger partial charge on any atom is 0.270 e. The minimum absolute atomic E-state index is 0.0566. The maximum absolute atomic E-state index is 11.5. The molecule has 1 atom stereocenters. The van der Waals surface area contributed by atoms with Crippen molar-refractivity contribution in [3.63, 3.8) is 0 Å². The highest BCUT2D eigenvalue weighted by atomic mass is 32.2. The quantitative estimate of drug-likeness (QED) is 0.344. The number of sulfone groups is 1. The van der Waals surface area contributed by atoms with Crippen LogP contribution in [0, 0.1) is 10.1 Å². The Bertz CT molecular complexity index is 610. The lowest BCUT2D eigenvalue weighted by atomic mass is 10.1. The van der Waals surface area contributed by atoms with Crippen LogP contribution in [-0.2, 0) is 9.84 Å². The molecule has 0 radical (unpaired) electrons. The van der Waals surface area contributed by atoms with Crippen LogP contribution in [0.15, 0.2) is 29.4 Å². The SMILES string of the molecule is CS(=O)(=O)C(CO)/C(=N/O)c1cccc([N+](=O)[O-])c1. The third kappa shape index (κ3) is 3.48. The first-order chi connectivity index (χ1) is 8.81.